The van der Waals surface area contributed by atoms with Crippen LogP contribution in [0, 0.1) is 20.8 Å². The van der Waals surface area contributed by atoms with Gasteiger partial charge in [-0.2, -0.15) is 0 Å². The summed E-state index contributed by atoms with van der Waals surface area (Å²) in [5, 5.41) is 5.88. The van der Waals surface area contributed by atoms with Crippen molar-refractivity contribution in [3.63, 3.8) is 0 Å². The standard InChI is InChI=1S/C23H26N4O3S/c1-16-4-10-21(11-5-16)31(29,30)27-23(28)25-15-13-19-6-8-20(9-7-19)26-22-18(3)17(2)12-14-24-22/h4-12,14H,13,15H2,1-3H3,(H,24,26)(H2,25,27,28). The molecule has 2 aromatic carbocycles. The largest absolute Gasteiger partial charge is 0.340 e. The lowest BCUT2D eigenvalue weighted by molar-refractivity contribution is 0.246. The molecule has 0 bridgehead atoms. The predicted octanol–water partition coefficient (Wildman–Crippen LogP) is 3.98. The van der Waals surface area contributed by atoms with Gasteiger partial charge in [-0.1, -0.05) is 29.8 Å². The Morgan fingerprint density at radius 1 is 0.935 bits per heavy atom. The second-order valence-corrected chi connectivity index (χ2v) is 9.03. The molecule has 1 heterocycles. The van der Waals surface area contributed by atoms with Crippen LogP contribution in [0.15, 0.2) is 65.7 Å². The van der Waals surface area contributed by atoms with E-state index in [4.69, 9.17) is 0 Å². The van der Waals surface area contributed by atoms with Crippen molar-refractivity contribution >= 4 is 27.6 Å². The van der Waals surface area contributed by atoms with Crippen LogP contribution in [0.3, 0.4) is 0 Å². The Morgan fingerprint density at radius 3 is 2.29 bits per heavy atom. The zero-order valence-corrected chi connectivity index (χ0v) is 18.6. The number of carbonyl (C=O) groups is 1. The molecular weight excluding hydrogens is 412 g/mol. The van der Waals surface area contributed by atoms with Gasteiger partial charge in [0.2, 0.25) is 0 Å². The monoisotopic (exact) mass is 438 g/mol. The Morgan fingerprint density at radius 2 is 1.61 bits per heavy atom. The zero-order chi connectivity index (χ0) is 22.4. The quantitative estimate of drug-likeness (QED) is 0.518. The number of nitrogens with zero attached hydrogens (tertiary/aromatic N) is 1. The highest BCUT2D eigenvalue weighted by atomic mass is 32.2. The van der Waals surface area contributed by atoms with E-state index >= 15 is 0 Å². The van der Waals surface area contributed by atoms with E-state index < -0.39 is 16.1 Å². The number of sulfonamides is 1. The third-order valence-corrected chi connectivity index (χ3v) is 6.30. The summed E-state index contributed by atoms with van der Waals surface area (Å²) in [7, 11) is -3.89. The highest BCUT2D eigenvalue weighted by Gasteiger charge is 2.16. The van der Waals surface area contributed by atoms with E-state index in [1.165, 1.54) is 17.7 Å². The van der Waals surface area contributed by atoms with Gasteiger partial charge in [0.25, 0.3) is 10.0 Å². The molecule has 3 rings (SSSR count). The third-order valence-electron chi connectivity index (χ3n) is 4.95. The minimum atomic E-state index is -3.89. The number of urea groups is 1. The molecule has 31 heavy (non-hydrogen) atoms. The molecule has 3 N–H and O–H groups in total. The lowest BCUT2D eigenvalue weighted by atomic mass is 10.1. The fourth-order valence-electron chi connectivity index (χ4n) is 2.90. The number of nitrogens with one attached hydrogen (secondary N) is 3. The van der Waals surface area contributed by atoms with E-state index in [0.29, 0.717) is 13.0 Å². The summed E-state index contributed by atoms with van der Waals surface area (Å²) in [6.45, 7) is 6.23. The molecule has 3 aromatic rings. The summed E-state index contributed by atoms with van der Waals surface area (Å²) in [4.78, 5) is 16.4. The first-order chi connectivity index (χ1) is 14.7. The van der Waals surface area contributed by atoms with Crippen LogP contribution in [-0.2, 0) is 16.4 Å². The number of rotatable bonds is 7. The van der Waals surface area contributed by atoms with Crippen molar-refractivity contribution in [3.05, 3.63) is 83.0 Å². The van der Waals surface area contributed by atoms with Gasteiger partial charge in [0.1, 0.15) is 5.82 Å². The number of pyridine rings is 1. The molecule has 0 spiro atoms. The van der Waals surface area contributed by atoms with Gasteiger partial charge in [0.05, 0.1) is 4.90 Å². The molecule has 7 nitrogen and oxygen atoms in total. The molecule has 1 aromatic heterocycles. The van der Waals surface area contributed by atoms with Crippen molar-refractivity contribution in [3.8, 4) is 0 Å². The Kier molecular flexibility index (Phi) is 6.91. The lowest BCUT2D eigenvalue weighted by Gasteiger charge is -2.11. The molecule has 0 aliphatic carbocycles. The maximum Gasteiger partial charge on any atom is 0.328 e. The van der Waals surface area contributed by atoms with Crippen LogP contribution in [0.2, 0.25) is 0 Å². The summed E-state index contributed by atoms with van der Waals surface area (Å²) in [6, 6.07) is 15.3. The van der Waals surface area contributed by atoms with Gasteiger partial charge in [-0.05, 0) is 74.2 Å². The van der Waals surface area contributed by atoms with Crippen molar-refractivity contribution < 1.29 is 13.2 Å². The van der Waals surface area contributed by atoms with Crippen molar-refractivity contribution in [2.75, 3.05) is 11.9 Å². The molecule has 8 heteroatoms. The van der Waals surface area contributed by atoms with Gasteiger partial charge in [-0.15, -0.1) is 0 Å². The summed E-state index contributed by atoms with van der Waals surface area (Å²) < 4.78 is 26.5. The number of aromatic nitrogens is 1. The molecule has 0 unspecified atom stereocenters. The van der Waals surface area contributed by atoms with Crippen LogP contribution < -0.4 is 15.4 Å². The molecule has 0 atom stereocenters. The fourth-order valence-corrected chi connectivity index (χ4v) is 3.83. The Labute approximate surface area is 183 Å². The molecule has 0 saturated heterocycles. The lowest BCUT2D eigenvalue weighted by Crippen LogP contribution is -2.40. The summed E-state index contributed by atoms with van der Waals surface area (Å²) in [5.41, 5.74) is 5.14. The average molecular weight is 439 g/mol. The molecule has 2 amide bonds. The molecule has 162 valence electrons. The Hall–Kier alpha value is -3.39. The number of aryl methyl sites for hydroxylation is 2. The number of hydrogen-bond acceptors (Lipinski definition) is 5. The van der Waals surface area contributed by atoms with Crippen LogP contribution in [-0.4, -0.2) is 26.0 Å². The Balaban J connectivity index is 1.49. The minimum absolute atomic E-state index is 0.0506. The van der Waals surface area contributed by atoms with Crippen molar-refractivity contribution in [2.24, 2.45) is 0 Å². The molecule has 0 aliphatic heterocycles. The van der Waals surface area contributed by atoms with Crippen LogP contribution >= 0.6 is 0 Å². The highest BCUT2D eigenvalue weighted by molar-refractivity contribution is 7.90. The first-order valence-electron chi connectivity index (χ1n) is 9.90. The average Bonchev–Trinajstić information content (AvgIpc) is 2.72. The van der Waals surface area contributed by atoms with Crippen LogP contribution in [0.5, 0.6) is 0 Å². The van der Waals surface area contributed by atoms with Gasteiger partial charge in [0, 0.05) is 18.4 Å². The molecule has 0 aliphatic rings. The van der Waals surface area contributed by atoms with Gasteiger partial charge >= 0.3 is 6.03 Å². The van der Waals surface area contributed by atoms with Crippen molar-refractivity contribution in [1.82, 2.24) is 15.0 Å². The smallest absolute Gasteiger partial charge is 0.328 e. The van der Waals surface area contributed by atoms with Gasteiger partial charge in [0.15, 0.2) is 0 Å². The molecular formula is C23H26N4O3S. The van der Waals surface area contributed by atoms with E-state index in [9.17, 15) is 13.2 Å². The van der Waals surface area contributed by atoms with E-state index in [1.54, 1.807) is 18.3 Å². The molecule has 0 fully saturated rings. The normalized spacial score (nSPS) is 11.1. The second-order valence-electron chi connectivity index (χ2n) is 7.35. The zero-order valence-electron chi connectivity index (χ0n) is 17.8. The van der Waals surface area contributed by atoms with E-state index in [1.807, 2.05) is 55.8 Å². The van der Waals surface area contributed by atoms with E-state index in [2.05, 4.69) is 15.6 Å². The van der Waals surface area contributed by atoms with Crippen LogP contribution in [0.4, 0.5) is 16.3 Å². The highest BCUT2D eigenvalue weighted by Crippen LogP contribution is 2.20. The summed E-state index contributed by atoms with van der Waals surface area (Å²) >= 11 is 0. The SMILES string of the molecule is Cc1ccc(S(=O)(=O)NC(=O)NCCc2ccc(Nc3nccc(C)c3C)cc2)cc1. The molecule has 0 saturated carbocycles. The number of anilines is 2. The number of carbonyl (C=O) groups excluding carboxylic acids is 1. The van der Waals surface area contributed by atoms with Crippen molar-refractivity contribution in [1.29, 1.82) is 0 Å². The van der Waals surface area contributed by atoms with Crippen LogP contribution in [0.1, 0.15) is 22.3 Å². The van der Waals surface area contributed by atoms with Gasteiger partial charge < -0.3 is 10.6 Å². The van der Waals surface area contributed by atoms with Gasteiger partial charge in [-0.25, -0.2) is 22.9 Å². The van der Waals surface area contributed by atoms with Crippen LogP contribution in [0.25, 0.3) is 0 Å². The number of benzene rings is 2. The maximum atomic E-state index is 12.2. The molecule has 0 radical (unpaired) electrons. The summed E-state index contributed by atoms with van der Waals surface area (Å²) in [6.07, 6.45) is 2.34. The summed E-state index contributed by atoms with van der Waals surface area (Å²) in [5.74, 6) is 0.820. The third kappa shape index (κ3) is 6.05. The predicted molar refractivity (Wildman–Crippen MR) is 122 cm³/mol. The van der Waals surface area contributed by atoms with E-state index in [0.717, 1.165) is 28.2 Å². The van der Waals surface area contributed by atoms with Crippen molar-refractivity contribution in [2.45, 2.75) is 32.1 Å². The fraction of sp³-hybridized carbons (Fsp3) is 0.217. The number of amides is 2. The van der Waals surface area contributed by atoms with Gasteiger partial charge in [-0.3, -0.25) is 0 Å². The second kappa shape index (κ2) is 9.61. The number of hydrogen-bond donors (Lipinski definition) is 3. The minimum Gasteiger partial charge on any atom is -0.340 e. The topological polar surface area (TPSA) is 100 Å². The maximum absolute atomic E-state index is 12.2. The Bertz CT molecular complexity index is 1160. The first-order valence-corrected chi connectivity index (χ1v) is 11.4. The first kappa shape index (κ1) is 22.3. The van der Waals surface area contributed by atoms with E-state index in [-0.39, 0.29) is 4.90 Å².